The lowest BCUT2D eigenvalue weighted by atomic mass is 9.82. The summed E-state index contributed by atoms with van der Waals surface area (Å²) in [4.78, 5) is 38.6. The number of nitrogens with zero attached hydrogens (tertiary/aromatic N) is 5. The summed E-state index contributed by atoms with van der Waals surface area (Å²) in [7, 11) is 0. The number of fused-ring (bicyclic) bond motifs is 4. The molecule has 3 aromatic rings. The number of piperidine rings is 1. The number of anilines is 1. The van der Waals surface area contributed by atoms with Crippen molar-refractivity contribution in [3.63, 3.8) is 0 Å². The number of aromatic nitrogens is 4. The van der Waals surface area contributed by atoms with E-state index in [0.29, 0.717) is 48.0 Å². The fraction of sp³-hybridized carbons (Fsp3) is 0.286. The van der Waals surface area contributed by atoms with Crippen molar-refractivity contribution in [3.05, 3.63) is 64.1 Å². The van der Waals surface area contributed by atoms with Gasteiger partial charge in [0.05, 0.1) is 11.3 Å². The molecule has 1 saturated heterocycles. The van der Waals surface area contributed by atoms with Crippen molar-refractivity contribution < 1.29 is 4.79 Å². The Bertz CT molecular complexity index is 1250. The Labute approximate surface area is 171 Å². The standard InChI is InChI=1S/C21H19N7O2/c22-6-12-2-17(24-7-12)21(30)27-8-13-1-15(10-27)18-3-14(4-20(29)28(18)9-13)16-5-19(23)26-11-25-16/h2-5,7,11,13,15,24H,1,8-10H2,(H2,23,25,26)/t13-,15+/m0/s1. The predicted molar refractivity (Wildman–Crippen MR) is 108 cm³/mol. The highest BCUT2D eigenvalue weighted by atomic mass is 16.2. The molecule has 150 valence electrons. The molecule has 1 amide bonds. The van der Waals surface area contributed by atoms with Crippen LogP contribution < -0.4 is 11.3 Å². The van der Waals surface area contributed by atoms with E-state index in [9.17, 15) is 9.59 Å². The maximum Gasteiger partial charge on any atom is 0.270 e. The van der Waals surface area contributed by atoms with Crippen molar-refractivity contribution in [2.75, 3.05) is 18.8 Å². The third-order valence-corrected chi connectivity index (χ3v) is 5.87. The van der Waals surface area contributed by atoms with Crippen LogP contribution in [-0.2, 0) is 6.54 Å². The van der Waals surface area contributed by atoms with Gasteiger partial charge in [0.1, 0.15) is 23.9 Å². The molecule has 9 heteroatoms. The van der Waals surface area contributed by atoms with E-state index in [2.05, 4.69) is 15.0 Å². The minimum Gasteiger partial charge on any atom is -0.384 e. The molecule has 5 rings (SSSR count). The molecule has 3 aromatic heterocycles. The van der Waals surface area contributed by atoms with E-state index in [-0.39, 0.29) is 23.3 Å². The number of H-pyrrole nitrogens is 1. The SMILES string of the molecule is N#Cc1c[nH]c(C(=O)N2C[C@@H]3C[C@H](C2)c2cc(-c4cc(N)ncn4)cc(=O)n2C3)c1. The number of pyridine rings is 1. The summed E-state index contributed by atoms with van der Waals surface area (Å²) in [6.45, 7) is 1.69. The Hall–Kier alpha value is -3.93. The second-order valence-electron chi connectivity index (χ2n) is 7.87. The smallest absolute Gasteiger partial charge is 0.270 e. The molecule has 2 aliphatic heterocycles. The Kier molecular flexibility index (Phi) is 4.13. The highest BCUT2D eigenvalue weighted by Crippen LogP contribution is 2.36. The quantitative estimate of drug-likeness (QED) is 0.666. The molecule has 0 radical (unpaired) electrons. The molecule has 0 aromatic carbocycles. The number of nitriles is 1. The molecule has 0 saturated carbocycles. The number of carbonyl (C=O) groups is 1. The summed E-state index contributed by atoms with van der Waals surface area (Å²) in [6.07, 6.45) is 3.84. The van der Waals surface area contributed by atoms with Gasteiger partial charge in [-0.25, -0.2) is 9.97 Å². The average Bonchev–Trinajstić information content (AvgIpc) is 3.23. The van der Waals surface area contributed by atoms with E-state index >= 15 is 0 Å². The van der Waals surface area contributed by atoms with Gasteiger partial charge in [-0.2, -0.15) is 5.26 Å². The highest BCUT2D eigenvalue weighted by molar-refractivity contribution is 5.93. The Morgan fingerprint density at radius 1 is 1.20 bits per heavy atom. The van der Waals surface area contributed by atoms with Gasteiger partial charge < -0.3 is 20.2 Å². The zero-order chi connectivity index (χ0) is 20.8. The zero-order valence-corrected chi connectivity index (χ0v) is 16.1. The molecule has 0 spiro atoms. The maximum absolute atomic E-state index is 13.0. The van der Waals surface area contributed by atoms with Gasteiger partial charge in [-0.15, -0.1) is 0 Å². The molecule has 0 unspecified atom stereocenters. The molecule has 9 nitrogen and oxygen atoms in total. The average molecular weight is 401 g/mol. The van der Waals surface area contributed by atoms with Crippen LogP contribution in [0.5, 0.6) is 0 Å². The van der Waals surface area contributed by atoms with Gasteiger partial charge in [-0.1, -0.05) is 0 Å². The number of hydrogen-bond acceptors (Lipinski definition) is 6. The molecule has 1 fully saturated rings. The first-order valence-corrected chi connectivity index (χ1v) is 9.72. The second kappa shape index (κ2) is 6.84. The molecule has 2 bridgehead atoms. The molecule has 2 atom stereocenters. The van der Waals surface area contributed by atoms with Gasteiger partial charge in [0.15, 0.2) is 0 Å². The van der Waals surface area contributed by atoms with Gasteiger partial charge in [0, 0.05) is 55.1 Å². The number of amides is 1. The van der Waals surface area contributed by atoms with E-state index < -0.39 is 0 Å². The van der Waals surface area contributed by atoms with Gasteiger partial charge >= 0.3 is 0 Å². The van der Waals surface area contributed by atoms with Crippen LogP contribution in [0.15, 0.2) is 41.6 Å². The van der Waals surface area contributed by atoms with Crippen LogP contribution in [-0.4, -0.2) is 43.4 Å². The lowest BCUT2D eigenvalue weighted by Crippen LogP contribution is -2.49. The van der Waals surface area contributed by atoms with Crippen molar-refractivity contribution in [1.29, 1.82) is 5.26 Å². The van der Waals surface area contributed by atoms with Gasteiger partial charge in [-0.05, 0) is 24.5 Å². The van der Waals surface area contributed by atoms with Crippen LogP contribution in [0.25, 0.3) is 11.3 Å². The first-order chi connectivity index (χ1) is 14.5. The van der Waals surface area contributed by atoms with Crippen molar-refractivity contribution >= 4 is 11.7 Å². The van der Waals surface area contributed by atoms with Crippen molar-refractivity contribution in [1.82, 2.24) is 24.4 Å². The Balaban J connectivity index is 1.48. The molecular formula is C21H19N7O2. The zero-order valence-electron chi connectivity index (χ0n) is 16.1. The third kappa shape index (κ3) is 3.03. The van der Waals surface area contributed by atoms with Crippen LogP contribution in [0, 0.1) is 17.2 Å². The number of nitrogen functional groups attached to an aromatic ring is 1. The maximum atomic E-state index is 13.0. The van der Waals surface area contributed by atoms with E-state index in [4.69, 9.17) is 11.0 Å². The minimum atomic E-state index is -0.123. The van der Waals surface area contributed by atoms with Crippen LogP contribution in [0.1, 0.15) is 34.1 Å². The molecule has 3 N–H and O–H groups in total. The monoisotopic (exact) mass is 401 g/mol. The summed E-state index contributed by atoms with van der Waals surface area (Å²) >= 11 is 0. The van der Waals surface area contributed by atoms with Crippen LogP contribution in [0.2, 0.25) is 0 Å². The van der Waals surface area contributed by atoms with Crippen LogP contribution >= 0.6 is 0 Å². The third-order valence-electron chi connectivity index (χ3n) is 5.87. The second-order valence-corrected chi connectivity index (χ2v) is 7.87. The lowest BCUT2D eigenvalue weighted by Gasteiger charge is -2.42. The number of likely N-dealkylation sites (tertiary alicyclic amines) is 1. The Morgan fingerprint density at radius 3 is 2.83 bits per heavy atom. The number of aromatic amines is 1. The largest absolute Gasteiger partial charge is 0.384 e. The molecule has 5 heterocycles. The number of rotatable bonds is 2. The fourth-order valence-corrected chi connectivity index (χ4v) is 4.56. The summed E-state index contributed by atoms with van der Waals surface area (Å²) in [5.74, 6) is 0.485. The molecule has 30 heavy (non-hydrogen) atoms. The normalized spacial score (nSPS) is 19.8. The fourth-order valence-electron chi connectivity index (χ4n) is 4.56. The van der Waals surface area contributed by atoms with E-state index in [0.717, 1.165) is 12.1 Å². The summed E-state index contributed by atoms with van der Waals surface area (Å²) in [6, 6.07) is 8.80. The van der Waals surface area contributed by atoms with E-state index in [1.807, 2.05) is 21.6 Å². The number of nitrogens with one attached hydrogen (secondary N) is 1. The highest BCUT2D eigenvalue weighted by Gasteiger charge is 2.37. The molecule has 2 aliphatic rings. The predicted octanol–water partition coefficient (Wildman–Crippen LogP) is 1.35. The first-order valence-electron chi connectivity index (χ1n) is 9.72. The van der Waals surface area contributed by atoms with Crippen molar-refractivity contribution in [2.24, 2.45) is 5.92 Å². The van der Waals surface area contributed by atoms with Crippen molar-refractivity contribution in [3.8, 4) is 17.3 Å². The summed E-state index contributed by atoms with van der Waals surface area (Å²) in [5.41, 5.74) is 8.75. The van der Waals surface area contributed by atoms with Crippen molar-refractivity contribution in [2.45, 2.75) is 18.9 Å². The summed E-state index contributed by atoms with van der Waals surface area (Å²) in [5, 5.41) is 9.00. The van der Waals surface area contributed by atoms with E-state index in [1.54, 1.807) is 18.2 Å². The van der Waals surface area contributed by atoms with Gasteiger partial charge in [0.25, 0.3) is 11.5 Å². The molecular weight excluding hydrogens is 382 g/mol. The van der Waals surface area contributed by atoms with Crippen LogP contribution in [0.4, 0.5) is 5.82 Å². The number of carbonyl (C=O) groups excluding carboxylic acids is 1. The lowest BCUT2D eigenvalue weighted by molar-refractivity contribution is 0.0589. The van der Waals surface area contributed by atoms with Gasteiger partial charge in [-0.3, -0.25) is 9.59 Å². The summed E-state index contributed by atoms with van der Waals surface area (Å²) < 4.78 is 1.82. The van der Waals surface area contributed by atoms with Crippen LogP contribution in [0.3, 0.4) is 0 Å². The number of hydrogen-bond donors (Lipinski definition) is 2. The molecule has 0 aliphatic carbocycles. The minimum absolute atomic E-state index is 0.0543. The van der Waals surface area contributed by atoms with E-state index in [1.165, 1.54) is 12.5 Å². The Morgan fingerprint density at radius 2 is 2.07 bits per heavy atom. The topological polar surface area (TPSA) is 134 Å². The first kappa shape index (κ1) is 18.1. The number of nitrogens with two attached hydrogens (primary N) is 1. The van der Waals surface area contributed by atoms with Gasteiger partial charge in [0.2, 0.25) is 0 Å².